The molecule has 0 fully saturated rings. The number of esters is 4. The fourth-order valence-electron chi connectivity index (χ4n) is 9.96. The summed E-state index contributed by atoms with van der Waals surface area (Å²) in [5, 5.41) is 10.6. The molecule has 0 aromatic heterocycles. The van der Waals surface area contributed by atoms with Gasteiger partial charge in [-0.2, -0.15) is 0 Å². The molecule has 0 amide bonds. The van der Waals surface area contributed by atoms with Crippen LogP contribution in [0.5, 0.6) is 0 Å². The minimum absolute atomic E-state index is 0.103. The van der Waals surface area contributed by atoms with E-state index in [1.807, 2.05) is 0 Å². The minimum atomic E-state index is -4.95. The van der Waals surface area contributed by atoms with Crippen molar-refractivity contribution in [2.75, 3.05) is 39.6 Å². The van der Waals surface area contributed by atoms with Gasteiger partial charge in [0.1, 0.15) is 19.3 Å². The molecule has 0 heterocycles. The summed E-state index contributed by atoms with van der Waals surface area (Å²) in [5.74, 6) is 0.775. The van der Waals surface area contributed by atoms with Crippen LogP contribution in [0.3, 0.4) is 0 Å². The van der Waals surface area contributed by atoms with E-state index in [1.165, 1.54) is 122 Å². The number of carbonyl (C=O) groups excluding carboxylic acids is 4. The molecule has 0 aliphatic heterocycles. The molecule has 86 heavy (non-hydrogen) atoms. The van der Waals surface area contributed by atoms with Gasteiger partial charge in [0.05, 0.1) is 26.4 Å². The number of hydrogen-bond acceptors (Lipinski definition) is 15. The Morgan fingerprint density at radius 2 is 0.488 bits per heavy atom. The molecule has 0 aliphatic rings. The van der Waals surface area contributed by atoms with Crippen LogP contribution in [0.4, 0.5) is 0 Å². The molecular weight excluding hydrogens is 1140 g/mol. The van der Waals surface area contributed by atoms with Crippen LogP contribution < -0.4 is 0 Å². The van der Waals surface area contributed by atoms with Crippen molar-refractivity contribution in [3.63, 3.8) is 0 Å². The van der Waals surface area contributed by atoms with Crippen molar-refractivity contribution in [2.45, 2.75) is 343 Å². The van der Waals surface area contributed by atoms with Crippen LogP contribution in [0.25, 0.3) is 0 Å². The molecular formula is C67H130O17P2. The van der Waals surface area contributed by atoms with Crippen molar-refractivity contribution >= 4 is 39.5 Å². The number of phosphoric ester groups is 2. The van der Waals surface area contributed by atoms with Crippen LogP contribution in [0.1, 0.15) is 325 Å². The quantitative estimate of drug-likeness (QED) is 0.0222. The Kier molecular flexibility index (Phi) is 55.7. The van der Waals surface area contributed by atoms with Crippen molar-refractivity contribution in [2.24, 2.45) is 23.7 Å². The summed E-state index contributed by atoms with van der Waals surface area (Å²) in [4.78, 5) is 72.4. The molecule has 510 valence electrons. The van der Waals surface area contributed by atoms with E-state index >= 15 is 0 Å². The van der Waals surface area contributed by atoms with Crippen LogP contribution in [0.15, 0.2) is 0 Å². The lowest BCUT2D eigenvalue weighted by atomic mass is 10.0. The zero-order valence-corrected chi connectivity index (χ0v) is 57.7. The van der Waals surface area contributed by atoms with Gasteiger partial charge >= 0.3 is 39.5 Å². The Balaban J connectivity index is 5.24. The third-order valence-electron chi connectivity index (χ3n) is 15.3. The summed E-state index contributed by atoms with van der Waals surface area (Å²) in [6.45, 7) is 14.0. The summed E-state index contributed by atoms with van der Waals surface area (Å²) in [6.07, 6.45) is 37.7. The van der Waals surface area contributed by atoms with Gasteiger partial charge < -0.3 is 33.8 Å². The van der Waals surface area contributed by atoms with Crippen molar-refractivity contribution in [3.8, 4) is 0 Å². The molecule has 0 aromatic rings. The van der Waals surface area contributed by atoms with E-state index in [4.69, 9.17) is 37.0 Å². The van der Waals surface area contributed by atoms with E-state index in [1.54, 1.807) is 0 Å². The molecule has 3 unspecified atom stereocenters. The molecule has 0 rings (SSSR count). The van der Waals surface area contributed by atoms with Crippen molar-refractivity contribution in [1.29, 1.82) is 0 Å². The largest absolute Gasteiger partial charge is 0.472 e. The highest BCUT2D eigenvalue weighted by Crippen LogP contribution is 2.45. The number of carbonyl (C=O) groups is 4. The summed E-state index contributed by atoms with van der Waals surface area (Å²) in [6, 6.07) is 0. The predicted molar refractivity (Wildman–Crippen MR) is 344 cm³/mol. The highest BCUT2D eigenvalue weighted by Gasteiger charge is 2.30. The molecule has 0 spiro atoms. The maximum atomic E-state index is 13.0. The standard InChI is InChI=1S/C67H130O17P2/c1-57(2)43-35-27-19-13-9-11-15-23-31-39-47-64(69)77-53-63(84-67(72)50-42-34-26-18-22-30-38-46-60(7)8)56-82-86(75,76)80-52-61(68)51-79-85(73,74)81-55-62(54-78-65(70)48-40-32-25-17-21-29-37-45-59(5)6)83-66(71)49-41-33-24-16-12-10-14-20-28-36-44-58(3)4/h57-63,68H,9-56H2,1-8H3,(H,73,74)(H,75,76)/t61?,62-,63-/m1/s1. The number of phosphoric acid groups is 2. The maximum Gasteiger partial charge on any atom is 0.472 e. The SMILES string of the molecule is CC(C)CCCCCCCCCCCCC(=O)OC[C@H](COP(=O)(O)OCC(O)COP(=O)(O)OC[C@@H](COC(=O)CCCCCCCCCC(C)C)OC(=O)CCCCCCCCCCCCC(C)C)OC(=O)CCCCCCCCCC(C)C. The van der Waals surface area contributed by atoms with Crippen molar-refractivity contribution in [1.82, 2.24) is 0 Å². The summed E-state index contributed by atoms with van der Waals surface area (Å²) in [5.41, 5.74) is 0. The third kappa shape index (κ3) is 60.9. The van der Waals surface area contributed by atoms with Crippen molar-refractivity contribution in [3.05, 3.63) is 0 Å². The molecule has 17 nitrogen and oxygen atoms in total. The second-order valence-electron chi connectivity index (χ2n) is 26.1. The zero-order valence-electron chi connectivity index (χ0n) is 55.9. The topological polar surface area (TPSA) is 237 Å². The number of hydrogen-bond donors (Lipinski definition) is 3. The third-order valence-corrected chi connectivity index (χ3v) is 17.2. The smallest absolute Gasteiger partial charge is 0.462 e. The highest BCUT2D eigenvalue weighted by molar-refractivity contribution is 7.47. The van der Waals surface area contributed by atoms with Gasteiger partial charge in [-0.25, -0.2) is 9.13 Å². The predicted octanol–water partition coefficient (Wildman–Crippen LogP) is 18.5. The molecule has 0 aromatic carbocycles. The summed E-state index contributed by atoms with van der Waals surface area (Å²) < 4.78 is 68.1. The monoisotopic (exact) mass is 1270 g/mol. The van der Waals surface area contributed by atoms with Gasteiger partial charge in [0.15, 0.2) is 12.2 Å². The van der Waals surface area contributed by atoms with Crippen LogP contribution >= 0.6 is 15.6 Å². The second kappa shape index (κ2) is 57.0. The van der Waals surface area contributed by atoms with Gasteiger partial charge in [-0.15, -0.1) is 0 Å². The van der Waals surface area contributed by atoms with E-state index in [9.17, 15) is 43.2 Å². The summed E-state index contributed by atoms with van der Waals surface area (Å²) >= 11 is 0. The Bertz CT molecular complexity index is 1710. The Hall–Kier alpha value is -1.94. The van der Waals surface area contributed by atoms with E-state index in [0.29, 0.717) is 37.5 Å². The Labute approximate surface area is 524 Å². The molecule has 0 aliphatic carbocycles. The lowest BCUT2D eigenvalue weighted by Crippen LogP contribution is -2.30. The first kappa shape index (κ1) is 84.1. The normalized spacial score (nSPS) is 14.4. The van der Waals surface area contributed by atoms with E-state index in [0.717, 1.165) is 108 Å². The molecule has 5 atom stereocenters. The van der Waals surface area contributed by atoms with Gasteiger partial charge in [0.2, 0.25) is 0 Å². The molecule has 0 saturated heterocycles. The average molecular weight is 1270 g/mol. The molecule has 0 saturated carbocycles. The van der Waals surface area contributed by atoms with Gasteiger partial charge in [-0.3, -0.25) is 37.3 Å². The molecule has 0 bridgehead atoms. The van der Waals surface area contributed by atoms with Crippen LogP contribution in [0.2, 0.25) is 0 Å². The molecule has 3 N–H and O–H groups in total. The molecule has 19 heteroatoms. The van der Waals surface area contributed by atoms with Gasteiger partial charge in [-0.1, -0.05) is 274 Å². The maximum absolute atomic E-state index is 13.0. The first-order valence-electron chi connectivity index (χ1n) is 34.7. The van der Waals surface area contributed by atoms with E-state index in [2.05, 4.69) is 55.4 Å². The van der Waals surface area contributed by atoms with Crippen molar-refractivity contribution < 1.29 is 80.2 Å². The Morgan fingerprint density at radius 1 is 0.291 bits per heavy atom. The number of unbranched alkanes of at least 4 members (excludes halogenated alkanes) is 30. The van der Waals surface area contributed by atoms with Crippen LogP contribution in [-0.4, -0.2) is 96.7 Å². The Morgan fingerprint density at radius 3 is 0.721 bits per heavy atom. The number of ether oxygens (including phenoxy) is 4. The van der Waals surface area contributed by atoms with Crippen LogP contribution in [0, 0.1) is 23.7 Å². The van der Waals surface area contributed by atoms with Gasteiger partial charge in [-0.05, 0) is 49.4 Å². The van der Waals surface area contributed by atoms with E-state index in [-0.39, 0.29) is 25.7 Å². The number of aliphatic hydroxyl groups is 1. The lowest BCUT2D eigenvalue weighted by Gasteiger charge is -2.21. The number of rotatable bonds is 64. The first-order valence-corrected chi connectivity index (χ1v) is 37.7. The van der Waals surface area contributed by atoms with Gasteiger partial charge in [0.25, 0.3) is 0 Å². The second-order valence-corrected chi connectivity index (χ2v) is 29.0. The molecule has 0 radical (unpaired) electrons. The number of aliphatic hydroxyl groups excluding tert-OH is 1. The average Bonchev–Trinajstić information content (AvgIpc) is 3.65. The highest BCUT2D eigenvalue weighted by atomic mass is 31.2. The van der Waals surface area contributed by atoms with E-state index < -0.39 is 97.5 Å². The zero-order chi connectivity index (χ0) is 63.9. The fourth-order valence-corrected chi connectivity index (χ4v) is 11.5. The first-order chi connectivity index (χ1) is 41.1. The fraction of sp³-hybridized carbons (Fsp3) is 0.940. The minimum Gasteiger partial charge on any atom is -0.462 e. The lowest BCUT2D eigenvalue weighted by molar-refractivity contribution is -0.161. The van der Waals surface area contributed by atoms with Gasteiger partial charge in [0, 0.05) is 25.7 Å². The summed E-state index contributed by atoms with van der Waals surface area (Å²) in [7, 11) is -9.90. The van der Waals surface area contributed by atoms with Crippen LogP contribution in [-0.2, 0) is 65.4 Å².